The summed E-state index contributed by atoms with van der Waals surface area (Å²) in [5.74, 6) is 0. The number of fused-ring (bicyclic) bond motifs is 1. The van der Waals surface area contributed by atoms with E-state index in [1.807, 2.05) is 35.0 Å². The van der Waals surface area contributed by atoms with Gasteiger partial charge in [-0.1, -0.05) is 12.1 Å². The minimum Gasteiger partial charge on any atom is -0.379 e. The summed E-state index contributed by atoms with van der Waals surface area (Å²) in [5, 5.41) is 4.01. The molecule has 0 aliphatic carbocycles. The van der Waals surface area contributed by atoms with Gasteiger partial charge in [-0.2, -0.15) is 4.31 Å². The second kappa shape index (κ2) is 7.58. The zero-order valence-corrected chi connectivity index (χ0v) is 17.8. The summed E-state index contributed by atoms with van der Waals surface area (Å²) < 4.78 is 32.8. The van der Waals surface area contributed by atoms with Gasteiger partial charge in [-0.05, 0) is 41.1 Å². The van der Waals surface area contributed by atoms with Gasteiger partial charge in [-0.25, -0.2) is 18.4 Å². The molecule has 0 N–H and O–H groups in total. The van der Waals surface area contributed by atoms with E-state index >= 15 is 0 Å². The molecule has 6 nitrogen and oxygen atoms in total. The topological polar surface area (TPSA) is 72.4 Å². The molecule has 4 heterocycles. The van der Waals surface area contributed by atoms with Crippen LogP contribution in [0.3, 0.4) is 0 Å². The summed E-state index contributed by atoms with van der Waals surface area (Å²) in [4.78, 5) is 12.0. The number of benzene rings is 1. The maximum absolute atomic E-state index is 13.0. The van der Waals surface area contributed by atoms with Gasteiger partial charge >= 0.3 is 0 Å². The second-order valence-electron chi connectivity index (χ2n) is 6.54. The Bertz CT molecular complexity index is 1250. The SMILES string of the molecule is O=S(=O)(c1ccc2nc(-c3cccs3)c(-c3cccs3)nc2c1)N1CCOCC1. The Hall–Kier alpha value is -2.17. The van der Waals surface area contributed by atoms with Crippen LogP contribution in [0.2, 0.25) is 0 Å². The van der Waals surface area contributed by atoms with Gasteiger partial charge in [0, 0.05) is 13.1 Å². The Morgan fingerprint density at radius 3 is 2.07 bits per heavy atom. The molecule has 0 saturated carbocycles. The molecule has 1 aliphatic heterocycles. The molecule has 0 amide bonds. The molecule has 3 aromatic heterocycles. The van der Waals surface area contributed by atoms with E-state index < -0.39 is 10.0 Å². The van der Waals surface area contributed by atoms with Crippen molar-refractivity contribution in [3.8, 4) is 21.1 Å². The van der Waals surface area contributed by atoms with Crippen molar-refractivity contribution < 1.29 is 13.2 Å². The predicted octanol–water partition coefficient (Wildman–Crippen LogP) is 4.11. The van der Waals surface area contributed by atoms with E-state index in [1.54, 1.807) is 40.9 Å². The summed E-state index contributed by atoms with van der Waals surface area (Å²) >= 11 is 3.20. The fraction of sp³-hybridized carbons (Fsp3) is 0.200. The molecule has 0 bridgehead atoms. The number of morpholine rings is 1. The quantitative estimate of drug-likeness (QED) is 0.475. The van der Waals surface area contributed by atoms with Crippen molar-refractivity contribution in [1.82, 2.24) is 14.3 Å². The molecule has 0 spiro atoms. The highest BCUT2D eigenvalue weighted by molar-refractivity contribution is 7.89. The standard InChI is InChI=1S/C20H17N3O3S3/c24-29(25,23-7-9-26-10-8-23)14-5-6-15-16(13-14)22-20(18-4-2-12-28-18)19(21-15)17-3-1-11-27-17/h1-6,11-13H,7-10H2. The molecule has 4 aromatic rings. The van der Waals surface area contributed by atoms with Crippen molar-refractivity contribution in [3.05, 3.63) is 53.2 Å². The molecular formula is C20H17N3O3S3. The Labute approximate surface area is 176 Å². The summed E-state index contributed by atoms with van der Waals surface area (Å²) in [6.07, 6.45) is 0. The lowest BCUT2D eigenvalue weighted by atomic mass is 10.2. The average molecular weight is 444 g/mol. The molecule has 1 aromatic carbocycles. The van der Waals surface area contributed by atoms with E-state index in [9.17, 15) is 8.42 Å². The zero-order chi connectivity index (χ0) is 19.8. The summed E-state index contributed by atoms with van der Waals surface area (Å²) in [6.45, 7) is 1.56. The number of nitrogens with zero attached hydrogens (tertiary/aromatic N) is 3. The maximum atomic E-state index is 13.0. The Kier molecular flexibility index (Phi) is 4.92. The van der Waals surface area contributed by atoms with Crippen molar-refractivity contribution in [2.75, 3.05) is 26.3 Å². The van der Waals surface area contributed by atoms with E-state index in [0.717, 1.165) is 21.1 Å². The van der Waals surface area contributed by atoms with Crippen LogP contribution in [0, 0.1) is 0 Å². The normalized spacial score (nSPS) is 15.7. The van der Waals surface area contributed by atoms with Crippen molar-refractivity contribution in [3.63, 3.8) is 0 Å². The van der Waals surface area contributed by atoms with Crippen LogP contribution in [0.1, 0.15) is 0 Å². The van der Waals surface area contributed by atoms with Gasteiger partial charge in [0.25, 0.3) is 0 Å². The van der Waals surface area contributed by atoms with E-state index in [1.165, 1.54) is 4.31 Å². The average Bonchev–Trinajstić information content (AvgIpc) is 3.47. The van der Waals surface area contributed by atoms with Gasteiger partial charge in [0.05, 0.1) is 38.9 Å². The van der Waals surface area contributed by atoms with Gasteiger partial charge in [-0.15, -0.1) is 22.7 Å². The molecule has 148 valence electrons. The van der Waals surface area contributed by atoms with Crippen molar-refractivity contribution in [1.29, 1.82) is 0 Å². The van der Waals surface area contributed by atoms with Crippen LogP contribution in [0.25, 0.3) is 32.2 Å². The Morgan fingerprint density at radius 1 is 0.862 bits per heavy atom. The maximum Gasteiger partial charge on any atom is 0.243 e. The first-order chi connectivity index (χ1) is 14.1. The second-order valence-corrected chi connectivity index (χ2v) is 10.4. The molecule has 0 atom stereocenters. The van der Waals surface area contributed by atoms with E-state index in [-0.39, 0.29) is 4.90 Å². The van der Waals surface area contributed by atoms with Crippen LogP contribution < -0.4 is 0 Å². The molecule has 9 heteroatoms. The smallest absolute Gasteiger partial charge is 0.243 e. The molecule has 1 aliphatic rings. The predicted molar refractivity (Wildman–Crippen MR) is 116 cm³/mol. The Morgan fingerprint density at radius 2 is 1.48 bits per heavy atom. The molecule has 29 heavy (non-hydrogen) atoms. The summed E-state index contributed by atoms with van der Waals surface area (Å²) in [6, 6.07) is 13.0. The van der Waals surface area contributed by atoms with Gasteiger partial charge in [0.1, 0.15) is 11.4 Å². The molecule has 0 unspecified atom stereocenters. The highest BCUT2D eigenvalue weighted by Crippen LogP contribution is 2.35. The molecule has 5 rings (SSSR count). The lowest BCUT2D eigenvalue weighted by Crippen LogP contribution is -2.40. The number of hydrogen-bond donors (Lipinski definition) is 0. The molecular weight excluding hydrogens is 426 g/mol. The first-order valence-electron chi connectivity index (χ1n) is 9.10. The minimum atomic E-state index is -3.58. The zero-order valence-electron chi connectivity index (χ0n) is 15.3. The van der Waals surface area contributed by atoms with Crippen LogP contribution in [0.4, 0.5) is 0 Å². The highest BCUT2D eigenvalue weighted by Gasteiger charge is 2.27. The Balaban J connectivity index is 1.66. The van der Waals surface area contributed by atoms with E-state index in [0.29, 0.717) is 37.3 Å². The third kappa shape index (κ3) is 3.49. The minimum absolute atomic E-state index is 0.238. The number of ether oxygens (including phenoxy) is 1. The molecule has 1 saturated heterocycles. The third-order valence-corrected chi connectivity index (χ3v) is 8.40. The number of hydrogen-bond acceptors (Lipinski definition) is 7. The monoisotopic (exact) mass is 443 g/mol. The largest absolute Gasteiger partial charge is 0.379 e. The van der Waals surface area contributed by atoms with E-state index in [4.69, 9.17) is 14.7 Å². The summed E-state index contributed by atoms with van der Waals surface area (Å²) in [7, 11) is -3.58. The number of rotatable bonds is 4. The molecule has 0 radical (unpaired) electrons. The van der Waals surface area contributed by atoms with Gasteiger partial charge in [0.2, 0.25) is 10.0 Å². The first kappa shape index (κ1) is 18.8. The fourth-order valence-corrected chi connectivity index (χ4v) is 6.16. The van der Waals surface area contributed by atoms with E-state index in [2.05, 4.69) is 0 Å². The lowest BCUT2D eigenvalue weighted by molar-refractivity contribution is 0.0730. The van der Waals surface area contributed by atoms with Crippen LogP contribution >= 0.6 is 22.7 Å². The van der Waals surface area contributed by atoms with Crippen LogP contribution in [0.5, 0.6) is 0 Å². The van der Waals surface area contributed by atoms with Crippen LogP contribution in [-0.4, -0.2) is 49.0 Å². The number of aromatic nitrogens is 2. The fourth-order valence-electron chi connectivity index (χ4n) is 3.30. The highest BCUT2D eigenvalue weighted by atomic mass is 32.2. The number of thiophene rings is 2. The molecule has 1 fully saturated rings. The van der Waals surface area contributed by atoms with Gasteiger partial charge < -0.3 is 4.74 Å². The van der Waals surface area contributed by atoms with Crippen molar-refractivity contribution >= 4 is 43.7 Å². The van der Waals surface area contributed by atoms with Crippen LogP contribution in [-0.2, 0) is 14.8 Å². The van der Waals surface area contributed by atoms with Crippen LogP contribution in [0.15, 0.2) is 58.1 Å². The van der Waals surface area contributed by atoms with Crippen molar-refractivity contribution in [2.24, 2.45) is 0 Å². The van der Waals surface area contributed by atoms with Gasteiger partial charge in [-0.3, -0.25) is 0 Å². The third-order valence-electron chi connectivity index (χ3n) is 4.75. The first-order valence-corrected chi connectivity index (χ1v) is 12.3. The van der Waals surface area contributed by atoms with Gasteiger partial charge in [0.15, 0.2) is 0 Å². The van der Waals surface area contributed by atoms with Crippen molar-refractivity contribution in [2.45, 2.75) is 4.90 Å². The lowest BCUT2D eigenvalue weighted by Gasteiger charge is -2.26. The number of sulfonamides is 1. The summed E-state index contributed by atoms with van der Waals surface area (Å²) in [5.41, 5.74) is 2.84.